The number of rotatable bonds is 7. The molecular weight excluding hydrogens is 340 g/mol. The SMILES string of the molecule is O=C(NCCN1CCOCC1)Nc1cccc(OCc2cscn2)c1. The standard InChI is InChI=1S/C17H22N4O3S/c22-17(18-4-5-21-6-8-23-9-7-21)20-14-2-1-3-16(10-14)24-11-15-12-25-13-19-15/h1-3,10,12-13H,4-9,11H2,(H2,18,20,22). The molecule has 2 N–H and O–H groups in total. The Labute approximate surface area is 151 Å². The Morgan fingerprint density at radius 1 is 1.36 bits per heavy atom. The third-order valence-electron chi connectivity index (χ3n) is 3.78. The van der Waals surface area contributed by atoms with Gasteiger partial charge in [-0.2, -0.15) is 0 Å². The number of carbonyl (C=O) groups excluding carboxylic acids is 1. The fourth-order valence-electron chi connectivity index (χ4n) is 2.46. The Hall–Kier alpha value is -2.16. The Morgan fingerprint density at radius 3 is 3.04 bits per heavy atom. The highest BCUT2D eigenvalue weighted by atomic mass is 32.1. The van der Waals surface area contributed by atoms with Gasteiger partial charge in [-0.05, 0) is 12.1 Å². The molecule has 1 aliphatic heterocycles. The monoisotopic (exact) mass is 362 g/mol. The van der Waals surface area contributed by atoms with Crippen molar-refractivity contribution in [3.05, 3.63) is 40.8 Å². The molecule has 25 heavy (non-hydrogen) atoms. The number of nitrogens with zero attached hydrogens (tertiary/aromatic N) is 2. The van der Waals surface area contributed by atoms with Crippen molar-refractivity contribution in [1.29, 1.82) is 0 Å². The van der Waals surface area contributed by atoms with Crippen molar-refractivity contribution in [3.63, 3.8) is 0 Å². The molecule has 2 aromatic rings. The van der Waals surface area contributed by atoms with E-state index in [2.05, 4.69) is 20.5 Å². The molecule has 0 unspecified atom stereocenters. The molecule has 134 valence electrons. The molecule has 1 aliphatic rings. The number of morpholine rings is 1. The number of anilines is 1. The number of hydrogen-bond donors (Lipinski definition) is 2. The fourth-order valence-corrected chi connectivity index (χ4v) is 3.00. The molecular formula is C17H22N4O3S. The smallest absolute Gasteiger partial charge is 0.319 e. The third-order valence-corrected chi connectivity index (χ3v) is 4.41. The van der Waals surface area contributed by atoms with E-state index in [1.54, 1.807) is 11.6 Å². The highest BCUT2D eigenvalue weighted by molar-refractivity contribution is 7.07. The highest BCUT2D eigenvalue weighted by Gasteiger charge is 2.10. The van der Waals surface area contributed by atoms with Crippen molar-refractivity contribution in [2.75, 3.05) is 44.7 Å². The molecule has 1 aromatic carbocycles. The first-order chi connectivity index (χ1) is 12.3. The number of hydrogen-bond acceptors (Lipinski definition) is 6. The second-order valence-corrected chi connectivity index (χ2v) is 6.35. The molecule has 2 heterocycles. The van der Waals surface area contributed by atoms with E-state index in [9.17, 15) is 4.79 Å². The minimum absolute atomic E-state index is 0.218. The number of carbonyl (C=O) groups is 1. The number of amides is 2. The van der Waals surface area contributed by atoms with Crippen LogP contribution in [0.25, 0.3) is 0 Å². The Bertz CT molecular complexity index is 660. The summed E-state index contributed by atoms with van der Waals surface area (Å²) in [6.07, 6.45) is 0. The van der Waals surface area contributed by atoms with Gasteiger partial charge in [0.25, 0.3) is 0 Å². The van der Waals surface area contributed by atoms with E-state index in [0.29, 0.717) is 24.6 Å². The summed E-state index contributed by atoms with van der Waals surface area (Å²) in [6.45, 7) is 5.21. The molecule has 0 bridgehead atoms. The third kappa shape index (κ3) is 6.00. The van der Waals surface area contributed by atoms with Crippen molar-refractivity contribution >= 4 is 23.1 Å². The molecule has 3 rings (SSSR count). The molecule has 0 atom stereocenters. The highest BCUT2D eigenvalue weighted by Crippen LogP contribution is 2.18. The van der Waals surface area contributed by atoms with Gasteiger partial charge < -0.3 is 20.1 Å². The second-order valence-electron chi connectivity index (χ2n) is 5.63. The number of benzene rings is 1. The van der Waals surface area contributed by atoms with E-state index in [4.69, 9.17) is 9.47 Å². The van der Waals surface area contributed by atoms with Gasteiger partial charge in [-0.1, -0.05) is 6.07 Å². The predicted molar refractivity (Wildman–Crippen MR) is 97.2 cm³/mol. The maximum absolute atomic E-state index is 12.0. The maximum atomic E-state index is 12.0. The molecule has 0 radical (unpaired) electrons. The van der Waals surface area contributed by atoms with Gasteiger partial charge in [0.2, 0.25) is 0 Å². The van der Waals surface area contributed by atoms with E-state index in [1.807, 2.05) is 23.6 Å². The van der Waals surface area contributed by atoms with Crippen LogP contribution in [-0.2, 0) is 11.3 Å². The average molecular weight is 362 g/mol. The number of ether oxygens (including phenoxy) is 2. The number of urea groups is 1. The number of nitrogens with one attached hydrogen (secondary N) is 2. The molecule has 2 amide bonds. The van der Waals surface area contributed by atoms with Crippen LogP contribution >= 0.6 is 11.3 Å². The van der Waals surface area contributed by atoms with Crippen molar-refractivity contribution in [3.8, 4) is 5.75 Å². The normalized spacial score (nSPS) is 14.9. The first kappa shape index (κ1) is 17.7. The van der Waals surface area contributed by atoms with Crippen LogP contribution in [0.4, 0.5) is 10.5 Å². The first-order valence-corrected chi connectivity index (χ1v) is 9.19. The maximum Gasteiger partial charge on any atom is 0.319 e. The molecule has 0 saturated carbocycles. The van der Waals surface area contributed by atoms with Gasteiger partial charge in [0.15, 0.2) is 0 Å². The summed E-state index contributed by atoms with van der Waals surface area (Å²) in [5, 5.41) is 7.65. The zero-order chi connectivity index (χ0) is 17.3. The van der Waals surface area contributed by atoms with E-state index in [-0.39, 0.29) is 6.03 Å². The Balaban J connectivity index is 1.40. The van der Waals surface area contributed by atoms with Gasteiger partial charge >= 0.3 is 6.03 Å². The van der Waals surface area contributed by atoms with Gasteiger partial charge in [0.1, 0.15) is 12.4 Å². The topological polar surface area (TPSA) is 75.7 Å². The molecule has 0 aliphatic carbocycles. The van der Waals surface area contributed by atoms with Crippen LogP contribution in [0.2, 0.25) is 0 Å². The minimum atomic E-state index is -0.218. The van der Waals surface area contributed by atoms with E-state index in [0.717, 1.165) is 38.5 Å². The van der Waals surface area contributed by atoms with Crippen molar-refractivity contribution in [2.45, 2.75) is 6.61 Å². The lowest BCUT2D eigenvalue weighted by molar-refractivity contribution is 0.0388. The van der Waals surface area contributed by atoms with Crippen LogP contribution in [0.15, 0.2) is 35.2 Å². The minimum Gasteiger partial charge on any atom is -0.487 e. The van der Waals surface area contributed by atoms with E-state index in [1.165, 1.54) is 11.3 Å². The molecule has 1 aromatic heterocycles. The molecule has 1 fully saturated rings. The van der Waals surface area contributed by atoms with Gasteiger partial charge in [-0.15, -0.1) is 11.3 Å². The van der Waals surface area contributed by atoms with E-state index < -0.39 is 0 Å². The van der Waals surface area contributed by atoms with Crippen LogP contribution in [0.3, 0.4) is 0 Å². The first-order valence-electron chi connectivity index (χ1n) is 8.24. The predicted octanol–water partition coefficient (Wildman–Crippen LogP) is 2.18. The molecule has 1 saturated heterocycles. The van der Waals surface area contributed by atoms with Crippen LogP contribution in [0.1, 0.15) is 5.69 Å². The average Bonchev–Trinajstić information content (AvgIpc) is 3.15. The second kappa shape index (κ2) is 9.36. The Morgan fingerprint density at radius 2 is 2.24 bits per heavy atom. The van der Waals surface area contributed by atoms with Gasteiger partial charge in [-0.3, -0.25) is 4.90 Å². The van der Waals surface area contributed by atoms with Crippen LogP contribution in [-0.4, -0.2) is 55.3 Å². The lowest BCUT2D eigenvalue weighted by atomic mass is 10.3. The quantitative estimate of drug-likeness (QED) is 0.790. The zero-order valence-electron chi connectivity index (χ0n) is 13.9. The molecule has 8 heteroatoms. The number of aromatic nitrogens is 1. The van der Waals surface area contributed by atoms with E-state index >= 15 is 0 Å². The van der Waals surface area contributed by atoms with Crippen LogP contribution in [0, 0.1) is 0 Å². The summed E-state index contributed by atoms with van der Waals surface area (Å²) in [5.41, 5.74) is 3.36. The summed E-state index contributed by atoms with van der Waals surface area (Å²) in [6, 6.07) is 7.11. The summed E-state index contributed by atoms with van der Waals surface area (Å²) in [4.78, 5) is 18.4. The van der Waals surface area contributed by atoms with Gasteiger partial charge in [0.05, 0.1) is 24.4 Å². The van der Waals surface area contributed by atoms with Crippen LogP contribution < -0.4 is 15.4 Å². The summed E-state index contributed by atoms with van der Waals surface area (Å²) in [5.74, 6) is 0.694. The van der Waals surface area contributed by atoms with Crippen molar-refractivity contribution < 1.29 is 14.3 Å². The fraction of sp³-hybridized carbons (Fsp3) is 0.412. The lowest BCUT2D eigenvalue weighted by Crippen LogP contribution is -2.42. The van der Waals surface area contributed by atoms with Gasteiger partial charge in [0, 0.05) is 43.3 Å². The lowest BCUT2D eigenvalue weighted by Gasteiger charge is -2.26. The van der Waals surface area contributed by atoms with Crippen molar-refractivity contribution in [2.24, 2.45) is 0 Å². The summed E-state index contributed by atoms with van der Waals surface area (Å²) < 4.78 is 11.0. The Kier molecular flexibility index (Phi) is 6.61. The molecule has 0 spiro atoms. The zero-order valence-corrected chi connectivity index (χ0v) is 14.8. The van der Waals surface area contributed by atoms with Gasteiger partial charge in [-0.25, -0.2) is 9.78 Å². The van der Waals surface area contributed by atoms with Crippen molar-refractivity contribution in [1.82, 2.24) is 15.2 Å². The summed E-state index contributed by atoms with van der Waals surface area (Å²) in [7, 11) is 0. The largest absolute Gasteiger partial charge is 0.487 e. The summed E-state index contributed by atoms with van der Waals surface area (Å²) >= 11 is 1.54. The number of thiazole rings is 1. The van der Waals surface area contributed by atoms with Crippen LogP contribution in [0.5, 0.6) is 5.75 Å². The molecule has 7 nitrogen and oxygen atoms in total.